The smallest absolute Gasteiger partial charge is 0.358 e. The van der Waals surface area contributed by atoms with Crippen molar-refractivity contribution in [1.29, 1.82) is 0 Å². The van der Waals surface area contributed by atoms with Crippen molar-refractivity contribution in [2.75, 3.05) is 20.3 Å². The molecule has 0 aliphatic carbocycles. The maximum absolute atomic E-state index is 12.4. The number of nitrogens with zero attached hydrogens (tertiary/aromatic N) is 2. The fourth-order valence-corrected chi connectivity index (χ4v) is 3.63. The van der Waals surface area contributed by atoms with E-state index in [9.17, 15) is 9.59 Å². The number of aromatic nitrogens is 2. The predicted molar refractivity (Wildman–Crippen MR) is 124 cm³/mol. The highest BCUT2D eigenvalue weighted by Gasteiger charge is 2.20. The Morgan fingerprint density at radius 2 is 1.84 bits per heavy atom. The van der Waals surface area contributed by atoms with Crippen molar-refractivity contribution in [2.24, 2.45) is 0 Å². The number of halogens is 2. The Morgan fingerprint density at radius 1 is 1.12 bits per heavy atom. The van der Waals surface area contributed by atoms with Crippen LogP contribution in [0.3, 0.4) is 0 Å². The number of hydrogen-bond acceptors (Lipinski definition) is 5. The molecule has 0 aliphatic heterocycles. The van der Waals surface area contributed by atoms with Gasteiger partial charge >= 0.3 is 5.97 Å². The lowest BCUT2D eigenvalue weighted by molar-refractivity contribution is 0.0518. The van der Waals surface area contributed by atoms with Crippen LogP contribution < -0.4 is 5.32 Å². The highest BCUT2D eigenvalue weighted by molar-refractivity contribution is 6.36. The van der Waals surface area contributed by atoms with Gasteiger partial charge in [0, 0.05) is 29.3 Å². The van der Waals surface area contributed by atoms with Gasteiger partial charge in [0.15, 0.2) is 5.69 Å². The molecule has 7 nitrogen and oxygen atoms in total. The molecule has 0 spiro atoms. The van der Waals surface area contributed by atoms with Gasteiger partial charge in [-0.2, -0.15) is 5.10 Å². The Kier molecular flexibility index (Phi) is 7.90. The third-order valence-electron chi connectivity index (χ3n) is 4.57. The number of carbonyl (C=O) groups is 2. The molecule has 32 heavy (non-hydrogen) atoms. The Labute approximate surface area is 196 Å². The van der Waals surface area contributed by atoms with Gasteiger partial charge in [-0.1, -0.05) is 23.2 Å². The molecule has 1 amide bonds. The van der Waals surface area contributed by atoms with E-state index in [1.165, 1.54) is 0 Å². The molecule has 1 heterocycles. The van der Waals surface area contributed by atoms with Gasteiger partial charge in [-0.25, -0.2) is 9.48 Å². The molecule has 3 rings (SSSR count). The van der Waals surface area contributed by atoms with Crippen molar-refractivity contribution in [3.8, 4) is 16.9 Å². The molecule has 3 aromatic rings. The summed E-state index contributed by atoms with van der Waals surface area (Å²) in [6.07, 6.45) is 0. The van der Waals surface area contributed by atoms with Crippen LogP contribution in [0.4, 0.5) is 0 Å². The molecular weight excluding hydrogens is 453 g/mol. The first-order chi connectivity index (χ1) is 15.3. The van der Waals surface area contributed by atoms with Gasteiger partial charge in [0.2, 0.25) is 0 Å². The molecule has 1 atom stereocenters. The van der Waals surface area contributed by atoms with E-state index in [4.69, 9.17) is 32.7 Å². The van der Waals surface area contributed by atoms with Crippen LogP contribution in [0, 0.1) is 0 Å². The maximum atomic E-state index is 12.4. The summed E-state index contributed by atoms with van der Waals surface area (Å²) >= 11 is 12.4. The van der Waals surface area contributed by atoms with Crippen molar-refractivity contribution in [3.63, 3.8) is 0 Å². The second kappa shape index (κ2) is 10.6. The largest absolute Gasteiger partial charge is 0.461 e. The zero-order valence-corrected chi connectivity index (χ0v) is 19.4. The van der Waals surface area contributed by atoms with Crippen LogP contribution in [0.15, 0.2) is 48.5 Å². The van der Waals surface area contributed by atoms with Crippen molar-refractivity contribution >= 4 is 35.1 Å². The lowest BCUT2D eigenvalue weighted by Crippen LogP contribution is -2.35. The van der Waals surface area contributed by atoms with Gasteiger partial charge in [-0.3, -0.25) is 4.79 Å². The molecule has 168 valence electrons. The number of nitrogens with one attached hydrogen (secondary N) is 1. The standard InChI is InChI=1S/C23H23Cl2N3O4/c1-4-32-23(30)20-12-21(18-10-7-16(24)11-19(18)25)28(27-20)17-8-5-15(6-9-17)22(29)26-14(2)13-31-3/h5-12,14H,4,13H2,1-3H3,(H,26,29). The van der Waals surface area contributed by atoms with Crippen molar-refractivity contribution in [1.82, 2.24) is 15.1 Å². The molecule has 0 aliphatic rings. The first-order valence-corrected chi connectivity index (χ1v) is 10.7. The number of benzene rings is 2. The summed E-state index contributed by atoms with van der Waals surface area (Å²) in [5.41, 5.74) is 2.50. The highest BCUT2D eigenvalue weighted by atomic mass is 35.5. The van der Waals surface area contributed by atoms with Crippen molar-refractivity contribution in [3.05, 3.63) is 69.8 Å². The number of amides is 1. The van der Waals surface area contributed by atoms with E-state index < -0.39 is 5.97 Å². The van der Waals surface area contributed by atoms with E-state index in [0.717, 1.165) is 0 Å². The Balaban J connectivity index is 1.99. The second-order valence-corrected chi connectivity index (χ2v) is 7.89. The summed E-state index contributed by atoms with van der Waals surface area (Å²) in [5, 5.41) is 8.19. The minimum Gasteiger partial charge on any atom is -0.461 e. The SMILES string of the molecule is CCOC(=O)c1cc(-c2ccc(Cl)cc2Cl)n(-c2ccc(C(=O)NC(C)COC)cc2)n1. The van der Waals surface area contributed by atoms with Crippen LogP contribution in [-0.2, 0) is 9.47 Å². The fourth-order valence-electron chi connectivity index (χ4n) is 3.12. The molecule has 0 saturated heterocycles. The first-order valence-electron chi connectivity index (χ1n) is 9.96. The first kappa shape index (κ1) is 23.8. The minimum atomic E-state index is -0.541. The number of esters is 1. The van der Waals surface area contributed by atoms with E-state index in [1.54, 1.807) is 67.2 Å². The molecule has 9 heteroatoms. The van der Waals surface area contributed by atoms with E-state index >= 15 is 0 Å². The lowest BCUT2D eigenvalue weighted by atomic mass is 10.1. The maximum Gasteiger partial charge on any atom is 0.358 e. The van der Waals surface area contributed by atoms with E-state index in [0.29, 0.717) is 39.2 Å². The summed E-state index contributed by atoms with van der Waals surface area (Å²) in [4.78, 5) is 24.7. The van der Waals surface area contributed by atoms with Gasteiger partial charge in [0.05, 0.1) is 29.6 Å². The molecule has 0 radical (unpaired) electrons. The second-order valence-electron chi connectivity index (χ2n) is 7.05. The summed E-state index contributed by atoms with van der Waals surface area (Å²) in [6.45, 7) is 4.23. The fraction of sp³-hybridized carbons (Fsp3) is 0.261. The Bertz CT molecular complexity index is 1110. The molecule has 1 N–H and O–H groups in total. The predicted octanol–water partition coefficient (Wildman–Crippen LogP) is 4.79. The number of carbonyl (C=O) groups excluding carboxylic acids is 2. The molecular formula is C23H23Cl2N3O4. The number of methoxy groups -OCH3 is 1. The van der Waals surface area contributed by atoms with Crippen LogP contribution in [0.25, 0.3) is 16.9 Å². The van der Waals surface area contributed by atoms with Crippen LogP contribution in [0.1, 0.15) is 34.7 Å². The third kappa shape index (κ3) is 5.48. The Morgan fingerprint density at radius 3 is 2.47 bits per heavy atom. The molecule has 1 unspecified atom stereocenters. The molecule has 2 aromatic carbocycles. The monoisotopic (exact) mass is 475 g/mol. The summed E-state index contributed by atoms with van der Waals surface area (Å²) in [5.74, 6) is -0.754. The Hall–Kier alpha value is -2.87. The molecule has 0 bridgehead atoms. The van der Waals surface area contributed by atoms with E-state index in [1.807, 2.05) is 6.92 Å². The van der Waals surface area contributed by atoms with Crippen LogP contribution in [-0.4, -0.2) is 48.0 Å². The van der Waals surface area contributed by atoms with Crippen LogP contribution in [0.5, 0.6) is 0 Å². The van der Waals surface area contributed by atoms with Crippen LogP contribution >= 0.6 is 23.2 Å². The van der Waals surface area contributed by atoms with Gasteiger partial charge in [-0.15, -0.1) is 0 Å². The molecule has 1 aromatic heterocycles. The summed E-state index contributed by atoms with van der Waals surface area (Å²) in [6, 6.07) is 13.4. The average Bonchev–Trinajstić information content (AvgIpc) is 3.19. The number of hydrogen-bond donors (Lipinski definition) is 1. The van der Waals surface area contributed by atoms with Crippen molar-refractivity contribution in [2.45, 2.75) is 19.9 Å². The normalized spacial score (nSPS) is 11.8. The van der Waals surface area contributed by atoms with Gasteiger partial charge in [0.1, 0.15) is 0 Å². The topological polar surface area (TPSA) is 82.5 Å². The van der Waals surface area contributed by atoms with Gasteiger partial charge in [0.25, 0.3) is 5.91 Å². The van der Waals surface area contributed by atoms with Crippen molar-refractivity contribution < 1.29 is 19.1 Å². The van der Waals surface area contributed by atoms with Gasteiger partial charge < -0.3 is 14.8 Å². The molecule has 0 fully saturated rings. The number of rotatable bonds is 8. The summed E-state index contributed by atoms with van der Waals surface area (Å²) in [7, 11) is 1.58. The lowest BCUT2D eigenvalue weighted by Gasteiger charge is -2.13. The zero-order valence-electron chi connectivity index (χ0n) is 17.9. The van der Waals surface area contributed by atoms with Gasteiger partial charge in [-0.05, 0) is 62.4 Å². The number of ether oxygens (including phenoxy) is 2. The van der Waals surface area contributed by atoms with Crippen LogP contribution in [0.2, 0.25) is 10.0 Å². The molecule has 0 saturated carbocycles. The zero-order chi connectivity index (χ0) is 23.3. The van der Waals surface area contributed by atoms with E-state index in [2.05, 4.69) is 10.4 Å². The summed E-state index contributed by atoms with van der Waals surface area (Å²) < 4.78 is 11.7. The third-order valence-corrected chi connectivity index (χ3v) is 5.12. The highest BCUT2D eigenvalue weighted by Crippen LogP contribution is 2.32. The van der Waals surface area contributed by atoms with E-state index in [-0.39, 0.29) is 24.2 Å². The quantitative estimate of drug-likeness (QED) is 0.473. The minimum absolute atomic E-state index is 0.121. The average molecular weight is 476 g/mol.